The number of rotatable bonds is 7. The average molecular weight is 352 g/mol. The molecule has 3 rings (SSSR count). The molecule has 1 atom stereocenters. The minimum Gasteiger partial charge on any atom is -0.357 e. The highest BCUT2D eigenvalue weighted by atomic mass is 32.2. The highest BCUT2D eigenvalue weighted by Gasteiger charge is 2.23. The molecule has 2 aromatic rings. The highest BCUT2D eigenvalue weighted by molar-refractivity contribution is 8.02. The summed E-state index contributed by atoms with van der Waals surface area (Å²) < 4.78 is 13.6. The molecule has 0 radical (unpaired) electrons. The van der Waals surface area contributed by atoms with Crippen molar-refractivity contribution in [1.82, 2.24) is 15.5 Å². The molecule has 1 aliphatic carbocycles. The lowest BCUT2D eigenvalue weighted by molar-refractivity contribution is -0.120. The maximum Gasteiger partial charge on any atom is 0.233 e. The lowest BCUT2D eigenvalue weighted by Crippen LogP contribution is -2.30. The number of hydrogen-bond acceptors (Lipinski definition) is 6. The molecule has 23 heavy (non-hydrogen) atoms. The van der Waals surface area contributed by atoms with Gasteiger partial charge >= 0.3 is 0 Å². The van der Waals surface area contributed by atoms with Crippen LogP contribution in [0.1, 0.15) is 25.3 Å². The van der Waals surface area contributed by atoms with Crippen molar-refractivity contribution < 1.29 is 9.18 Å². The molecule has 1 amide bonds. The number of thioether (sulfide) groups is 1. The molecule has 1 aromatic carbocycles. The Hall–Kier alpha value is -1.67. The number of halogens is 1. The molecule has 2 N–H and O–H groups in total. The van der Waals surface area contributed by atoms with Crippen LogP contribution in [0.3, 0.4) is 0 Å². The first-order chi connectivity index (χ1) is 11.1. The minimum atomic E-state index is -0.282. The predicted octanol–water partition coefficient (Wildman–Crippen LogP) is 3.05. The van der Waals surface area contributed by atoms with Crippen molar-refractivity contribution >= 4 is 34.1 Å². The predicted molar refractivity (Wildman–Crippen MR) is 90.1 cm³/mol. The third-order valence-electron chi connectivity index (χ3n) is 3.34. The third-order valence-corrected chi connectivity index (χ3v) is 5.38. The van der Waals surface area contributed by atoms with Gasteiger partial charge < -0.3 is 10.6 Å². The molecule has 8 heteroatoms. The standard InChI is InChI=1S/C15H17FN4OS2/c1-9(13(21)17-8-10-2-4-11(16)5-3-10)22-15-20-19-14(23-15)18-12-6-7-12/h2-5,9,12H,6-8H2,1H3,(H,17,21)(H,18,19). The fraction of sp³-hybridized carbons (Fsp3) is 0.400. The first-order valence-electron chi connectivity index (χ1n) is 7.39. The summed E-state index contributed by atoms with van der Waals surface area (Å²) in [6.07, 6.45) is 2.37. The van der Waals surface area contributed by atoms with Gasteiger partial charge in [0.05, 0.1) is 5.25 Å². The van der Waals surface area contributed by atoms with Crippen LogP contribution in [-0.2, 0) is 11.3 Å². The molecule has 1 fully saturated rings. The van der Waals surface area contributed by atoms with Gasteiger partial charge in [-0.3, -0.25) is 4.79 Å². The number of benzene rings is 1. The van der Waals surface area contributed by atoms with Crippen LogP contribution >= 0.6 is 23.1 Å². The van der Waals surface area contributed by atoms with Gasteiger partial charge in [-0.15, -0.1) is 10.2 Å². The van der Waals surface area contributed by atoms with E-state index in [1.54, 1.807) is 12.1 Å². The van der Waals surface area contributed by atoms with Crippen LogP contribution in [0, 0.1) is 5.82 Å². The molecule has 1 saturated carbocycles. The minimum absolute atomic E-state index is 0.0776. The van der Waals surface area contributed by atoms with E-state index in [-0.39, 0.29) is 17.0 Å². The van der Waals surface area contributed by atoms with Crippen molar-refractivity contribution in [3.63, 3.8) is 0 Å². The van der Waals surface area contributed by atoms with Crippen molar-refractivity contribution in [2.45, 2.75) is 41.9 Å². The van der Waals surface area contributed by atoms with E-state index >= 15 is 0 Å². The lowest BCUT2D eigenvalue weighted by atomic mass is 10.2. The van der Waals surface area contributed by atoms with E-state index in [1.807, 2.05) is 6.92 Å². The Morgan fingerprint density at radius 2 is 2.13 bits per heavy atom. The Morgan fingerprint density at radius 3 is 2.83 bits per heavy atom. The summed E-state index contributed by atoms with van der Waals surface area (Å²) in [6.45, 7) is 2.22. The van der Waals surface area contributed by atoms with Crippen molar-refractivity contribution in [3.8, 4) is 0 Å². The zero-order valence-corrected chi connectivity index (χ0v) is 14.2. The molecular formula is C15H17FN4OS2. The summed E-state index contributed by atoms with van der Waals surface area (Å²) in [5, 5.41) is 14.9. The number of carbonyl (C=O) groups excluding carboxylic acids is 1. The highest BCUT2D eigenvalue weighted by Crippen LogP contribution is 2.32. The van der Waals surface area contributed by atoms with Gasteiger partial charge in [-0.05, 0) is 37.5 Å². The quantitative estimate of drug-likeness (QED) is 0.750. The van der Waals surface area contributed by atoms with Crippen LogP contribution in [0.5, 0.6) is 0 Å². The van der Waals surface area contributed by atoms with Crippen molar-refractivity contribution in [2.75, 3.05) is 5.32 Å². The third kappa shape index (κ3) is 4.90. The normalized spacial score (nSPS) is 15.2. The first kappa shape index (κ1) is 16.2. The number of amides is 1. The Labute approximate surface area is 142 Å². The van der Waals surface area contributed by atoms with Gasteiger partial charge in [-0.1, -0.05) is 35.2 Å². The molecular weight excluding hydrogens is 335 g/mol. The largest absolute Gasteiger partial charge is 0.357 e. The van der Waals surface area contributed by atoms with E-state index in [2.05, 4.69) is 20.8 Å². The van der Waals surface area contributed by atoms with E-state index in [9.17, 15) is 9.18 Å². The number of aromatic nitrogens is 2. The van der Waals surface area contributed by atoms with Gasteiger partial charge in [0.1, 0.15) is 5.82 Å². The summed E-state index contributed by atoms with van der Waals surface area (Å²) in [7, 11) is 0. The Balaban J connectivity index is 1.46. The number of anilines is 1. The molecule has 5 nitrogen and oxygen atoms in total. The van der Waals surface area contributed by atoms with Crippen molar-refractivity contribution in [1.29, 1.82) is 0 Å². The second kappa shape index (κ2) is 7.27. The smallest absolute Gasteiger partial charge is 0.233 e. The number of nitrogens with one attached hydrogen (secondary N) is 2. The van der Waals surface area contributed by atoms with Crippen molar-refractivity contribution in [3.05, 3.63) is 35.6 Å². The molecule has 122 valence electrons. The molecule has 0 bridgehead atoms. The molecule has 0 aliphatic heterocycles. The monoisotopic (exact) mass is 352 g/mol. The second-order valence-electron chi connectivity index (χ2n) is 5.40. The van der Waals surface area contributed by atoms with Crippen molar-refractivity contribution in [2.24, 2.45) is 0 Å². The number of nitrogens with zero attached hydrogens (tertiary/aromatic N) is 2. The molecule has 1 aromatic heterocycles. The van der Waals surface area contributed by atoms with E-state index in [4.69, 9.17) is 0 Å². The Morgan fingerprint density at radius 1 is 1.39 bits per heavy atom. The molecule has 1 aliphatic rings. The number of carbonyl (C=O) groups is 1. The zero-order chi connectivity index (χ0) is 16.2. The van der Waals surface area contributed by atoms with E-state index in [1.165, 1.54) is 48.1 Å². The summed E-state index contributed by atoms with van der Waals surface area (Å²) in [4.78, 5) is 12.1. The van der Waals surface area contributed by atoms with Gasteiger partial charge in [0.2, 0.25) is 11.0 Å². The lowest BCUT2D eigenvalue weighted by Gasteiger charge is -2.10. The van der Waals surface area contributed by atoms with E-state index < -0.39 is 0 Å². The van der Waals surface area contributed by atoms with E-state index in [0.29, 0.717) is 12.6 Å². The van der Waals surface area contributed by atoms with Gasteiger partial charge in [-0.2, -0.15) is 0 Å². The summed E-state index contributed by atoms with van der Waals surface area (Å²) >= 11 is 2.86. The SMILES string of the molecule is CC(Sc1nnc(NC2CC2)s1)C(=O)NCc1ccc(F)cc1. The summed E-state index contributed by atoms with van der Waals surface area (Å²) in [6, 6.07) is 6.63. The van der Waals surface area contributed by atoms with Crippen LogP contribution in [-0.4, -0.2) is 27.4 Å². The first-order valence-corrected chi connectivity index (χ1v) is 9.08. The second-order valence-corrected chi connectivity index (χ2v) is 7.96. The molecule has 1 heterocycles. The van der Waals surface area contributed by atoms with Gasteiger partial charge in [0.25, 0.3) is 0 Å². The molecule has 0 spiro atoms. The fourth-order valence-electron chi connectivity index (χ4n) is 1.86. The van der Waals surface area contributed by atoms with Gasteiger partial charge in [-0.25, -0.2) is 4.39 Å². The van der Waals surface area contributed by atoms with Gasteiger partial charge in [0, 0.05) is 12.6 Å². The fourth-order valence-corrected chi connectivity index (χ4v) is 3.86. The maximum atomic E-state index is 12.8. The zero-order valence-electron chi connectivity index (χ0n) is 12.6. The average Bonchev–Trinajstić information content (AvgIpc) is 3.25. The Bertz CT molecular complexity index is 672. The van der Waals surface area contributed by atoms with Crippen LogP contribution in [0.15, 0.2) is 28.6 Å². The molecule has 0 saturated heterocycles. The maximum absolute atomic E-state index is 12.8. The van der Waals surface area contributed by atoms with Gasteiger partial charge in [0.15, 0.2) is 4.34 Å². The van der Waals surface area contributed by atoms with Crippen LogP contribution in [0.2, 0.25) is 0 Å². The topological polar surface area (TPSA) is 66.9 Å². The number of hydrogen-bond donors (Lipinski definition) is 2. The Kier molecular flexibility index (Phi) is 5.12. The summed E-state index contributed by atoms with van der Waals surface area (Å²) in [5.74, 6) is -0.359. The summed E-state index contributed by atoms with van der Waals surface area (Å²) in [5.41, 5.74) is 0.865. The van der Waals surface area contributed by atoms with Crippen LogP contribution < -0.4 is 10.6 Å². The van der Waals surface area contributed by atoms with Crippen LogP contribution in [0.25, 0.3) is 0 Å². The molecule has 1 unspecified atom stereocenters. The van der Waals surface area contributed by atoms with Crippen LogP contribution in [0.4, 0.5) is 9.52 Å². The van der Waals surface area contributed by atoms with E-state index in [0.717, 1.165) is 15.0 Å².